The van der Waals surface area contributed by atoms with Gasteiger partial charge in [-0.25, -0.2) is 8.78 Å². The monoisotopic (exact) mass is 251 g/mol. The highest BCUT2D eigenvalue weighted by atomic mass is 79.9. The van der Waals surface area contributed by atoms with Crippen LogP contribution >= 0.6 is 15.9 Å². The molecule has 1 aromatic carbocycles. The smallest absolute Gasteiger partial charge is 0.148 e. The molecule has 0 aliphatic carbocycles. The van der Waals surface area contributed by atoms with Gasteiger partial charge in [0.05, 0.1) is 4.47 Å². The van der Waals surface area contributed by atoms with Gasteiger partial charge in [-0.05, 0) is 22.9 Å². The lowest BCUT2D eigenvalue weighted by atomic mass is 10.1. The lowest BCUT2D eigenvalue weighted by Gasteiger charge is -2.11. The van der Waals surface area contributed by atoms with Crippen LogP contribution in [0.4, 0.5) is 8.78 Å². The van der Waals surface area contributed by atoms with E-state index in [4.69, 9.17) is 5.73 Å². The molecule has 5 heteroatoms. The van der Waals surface area contributed by atoms with Crippen molar-refractivity contribution >= 4 is 15.9 Å². The predicted molar refractivity (Wildman–Crippen MR) is 48.3 cm³/mol. The average Bonchev–Trinajstić information content (AvgIpc) is 1.99. The number of rotatable bonds is 1. The van der Waals surface area contributed by atoms with Gasteiger partial charge in [0.2, 0.25) is 0 Å². The van der Waals surface area contributed by atoms with E-state index in [2.05, 4.69) is 15.9 Å². The fourth-order valence-electron chi connectivity index (χ4n) is 1.03. The third kappa shape index (κ3) is 1.81. The third-order valence-corrected chi connectivity index (χ3v) is 2.36. The van der Waals surface area contributed by atoms with E-state index in [1.165, 1.54) is 6.92 Å². The molecule has 0 heterocycles. The molecule has 0 amide bonds. The Hall–Kier alpha value is -0.680. The lowest BCUT2D eigenvalue weighted by Crippen LogP contribution is -2.08. The molecule has 0 aliphatic heterocycles. The minimum absolute atomic E-state index is 0.0896. The molecule has 0 saturated heterocycles. The first kappa shape index (κ1) is 10.4. The summed E-state index contributed by atoms with van der Waals surface area (Å²) in [5.74, 6) is -2.17. The van der Waals surface area contributed by atoms with Crippen molar-refractivity contribution in [2.24, 2.45) is 5.73 Å². The molecule has 0 aromatic heterocycles. The van der Waals surface area contributed by atoms with Crippen LogP contribution < -0.4 is 5.73 Å². The summed E-state index contributed by atoms with van der Waals surface area (Å²) in [6.45, 7) is 1.50. The van der Waals surface area contributed by atoms with Crippen LogP contribution in [0.5, 0.6) is 5.75 Å². The molecule has 1 atom stereocenters. The highest BCUT2D eigenvalue weighted by Gasteiger charge is 2.18. The van der Waals surface area contributed by atoms with Crippen molar-refractivity contribution in [2.75, 3.05) is 0 Å². The van der Waals surface area contributed by atoms with Gasteiger partial charge in [-0.15, -0.1) is 0 Å². The minimum atomic E-state index is -0.854. The Bertz CT molecular complexity index is 341. The quantitative estimate of drug-likeness (QED) is 0.754. The first-order chi connectivity index (χ1) is 5.95. The molecule has 0 aliphatic rings. The normalized spacial score (nSPS) is 13.0. The van der Waals surface area contributed by atoms with Gasteiger partial charge in [-0.3, -0.25) is 0 Å². The number of nitrogens with two attached hydrogens (primary N) is 1. The van der Waals surface area contributed by atoms with Gasteiger partial charge >= 0.3 is 0 Å². The van der Waals surface area contributed by atoms with E-state index in [9.17, 15) is 13.9 Å². The van der Waals surface area contributed by atoms with E-state index >= 15 is 0 Å². The van der Waals surface area contributed by atoms with Crippen molar-refractivity contribution in [3.8, 4) is 5.75 Å². The number of aromatic hydroxyl groups is 1. The molecule has 1 rings (SSSR count). The summed E-state index contributed by atoms with van der Waals surface area (Å²) in [4.78, 5) is 0. The Balaban J connectivity index is 3.44. The van der Waals surface area contributed by atoms with Gasteiger partial charge in [0.15, 0.2) is 0 Å². The first-order valence-corrected chi connectivity index (χ1v) is 4.36. The average molecular weight is 252 g/mol. The Morgan fingerprint density at radius 3 is 2.54 bits per heavy atom. The second-order valence-corrected chi connectivity index (χ2v) is 3.50. The van der Waals surface area contributed by atoms with Crippen LogP contribution in [-0.2, 0) is 0 Å². The van der Waals surface area contributed by atoms with Crippen molar-refractivity contribution in [1.29, 1.82) is 0 Å². The molecule has 1 aromatic rings. The molecule has 72 valence electrons. The van der Waals surface area contributed by atoms with Crippen molar-refractivity contribution in [2.45, 2.75) is 13.0 Å². The topological polar surface area (TPSA) is 46.2 Å². The Labute approximate surface area is 82.5 Å². The third-order valence-electron chi connectivity index (χ3n) is 1.63. The molecule has 0 unspecified atom stereocenters. The zero-order valence-electron chi connectivity index (χ0n) is 6.81. The molecular formula is C8H8BrF2NO. The Morgan fingerprint density at radius 2 is 2.08 bits per heavy atom. The van der Waals surface area contributed by atoms with Crippen LogP contribution in [0.2, 0.25) is 0 Å². The van der Waals surface area contributed by atoms with Crippen LogP contribution in [0.25, 0.3) is 0 Å². The zero-order valence-corrected chi connectivity index (χ0v) is 8.40. The molecule has 0 spiro atoms. The number of phenolic OH excluding ortho intramolecular Hbond substituents is 1. The number of halogens is 3. The van der Waals surface area contributed by atoms with Crippen LogP contribution in [0, 0.1) is 11.6 Å². The number of hydrogen-bond acceptors (Lipinski definition) is 2. The standard InChI is InChI=1S/C8H8BrF2NO/c1-3(12)6-5(13)2-4(10)7(9)8(6)11/h2-3,13H,12H2,1H3/t3-/m1/s1. The molecule has 2 nitrogen and oxygen atoms in total. The maximum absolute atomic E-state index is 13.2. The molecule has 13 heavy (non-hydrogen) atoms. The summed E-state index contributed by atoms with van der Waals surface area (Å²) in [5.41, 5.74) is 5.30. The van der Waals surface area contributed by atoms with E-state index in [0.717, 1.165) is 6.07 Å². The van der Waals surface area contributed by atoms with Gasteiger partial charge < -0.3 is 10.8 Å². The highest BCUT2D eigenvalue weighted by molar-refractivity contribution is 9.10. The molecule has 0 saturated carbocycles. The maximum atomic E-state index is 13.2. The first-order valence-electron chi connectivity index (χ1n) is 3.57. The molecule has 0 fully saturated rings. The summed E-state index contributed by atoms with van der Waals surface area (Å²) in [6, 6.07) is 0.142. The fourth-order valence-corrected chi connectivity index (χ4v) is 1.36. The van der Waals surface area contributed by atoms with Gasteiger partial charge in [0.25, 0.3) is 0 Å². The second kappa shape index (κ2) is 3.59. The number of benzene rings is 1. The second-order valence-electron chi connectivity index (χ2n) is 2.71. The maximum Gasteiger partial charge on any atom is 0.148 e. The van der Waals surface area contributed by atoms with Gasteiger partial charge in [-0.2, -0.15) is 0 Å². The molecule has 0 bridgehead atoms. The minimum Gasteiger partial charge on any atom is -0.507 e. The number of phenols is 1. The predicted octanol–water partition coefficient (Wildman–Crippen LogP) is 2.45. The van der Waals surface area contributed by atoms with Crippen LogP contribution in [0.3, 0.4) is 0 Å². The van der Waals surface area contributed by atoms with Crippen molar-refractivity contribution in [1.82, 2.24) is 0 Å². The van der Waals surface area contributed by atoms with E-state index in [0.29, 0.717) is 0 Å². The van der Waals surface area contributed by atoms with E-state index in [1.807, 2.05) is 0 Å². The fraction of sp³-hybridized carbons (Fsp3) is 0.250. The van der Waals surface area contributed by atoms with E-state index < -0.39 is 23.4 Å². The van der Waals surface area contributed by atoms with Crippen LogP contribution in [-0.4, -0.2) is 5.11 Å². The largest absolute Gasteiger partial charge is 0.507 e. The number of hydrogen-bond donors (Lipinski definition) is 2. The Morgan fingerprint density at radius 1 is 1.54 bits per heavy atom. The summed E-state index contributed by atoms with van der Waals surface area (Å²) in [6.07, 6.45) is 0. The van der Waals surface area contributed by atoms with Crippen molar-refractivity contribution in [3.05, 3.63) is 27.7 Å². The van der Waals surface area contributed by atoms with E-state index in [-0.39, 0.29) is 10.0 Å². The van der Waals surface area contributed by atoms with Gasteiger partial charge in [0.1, 0.15) is 17.4 Å². The molecule has 3 N–H and O–H groups in total. The SMILES string of the molecule is C[C@@H](N)c1c(O)cc(F)c(Br)c1F. The van der Waals surface area contributed by atoms with E-state index in [1.54, 1.807) is 0 Å². The van der Waals surface area contributed by atoms with Gasteiger partial charge in [0, 0.05) is 17.7 Å². The summed E-state index contributed by atoms with van der Waals surface area (Å²) >= 11 is 2.72. The van der Waals surface area contributed by atoms with Crippen molar-refractivity contribution < 1.29 is 13.9 Å². The van der Waals surface area contributed by atoms with Crippen LogP contribution in [0.15, 0.2) is 10.5 Å². The summed E-state index contributed by atoms with van der Waals surface area (Å²) < 4.78 is 25.7. The lowest BCUT2D eigenvalue weighted by molar-refractivity contribution is 0.441. The zero-order chi connectivity index (χ0) is 10.2. The molecular weight excluding hydrogens is 244 g/mol. The van der Waals surface area contributed by atoms with Crippen LogP contribution in [0.1, 0.15) is 18.5 Å². The van der Waals surface area contributed by atoms with Crippen molar-refractivity contribution in [3.63, 3.8) is 0 Å². The Kier molecular flexibility index (Phi) is 2.87. The highest BCUT2D eigenvalue weighted by Crippen LogP contribution is 2.32. The summed E-state index contributed by atoms with van der Waals surface area (Å²) in [5, 5.41) is 9.19. The molecule has 0 radical (unpaired) electrons. The summed E-state index contributed by atoms with van der Waals surface area (Å²) in [7, 11) is 0. The van der Waals surface area contributed by atoms with Gasteiger partial charge in [-0.1, -0.05) is 0 Å².